The highest BCUT2D eigenvalue weighted by atomic mass is 16.6. The Morgan fingerprint density at radius 1 is 1.30 bits per heavy atom. The van der Waals surface area contributed by atoms with Gasteiger partial charge in [0, 0.05) is 37.4 Å². The molecular formula is C21H28N2O7. The van der Waals surface area contributed by atoms with E-state index in [-0.39, 0.29) is 49.6 Å². The lowest BCUT2D eigenvalue weighted by molar-refractivity contribution is -0.151. The van der Waals surface area contributed by atoms with Gasteiger partial charge >= 0.3 is 0 Å². The summed E-state index contributed by atoms with van der Waals surface area (Å²) in [6, 6.07) is 5.49. The van der Waals surface area contributed by atoms with E-state index in [0.717, 1.165) is 11.3 Å². The summed E-state index contributed by atoms with van der Waals surface area (Å²) in [5.41, 5.74) is 1.62. The van der Waals surface area contributed by atoms with Gasteiger partial charge < -0.3 is 34.3 Å². The van der Waals surface area contributed by atoms with E-state index >= 15 is 0 Å². The van der Waals surface area contributed by atoms with Crippen LogP contribution in [0.2, 0.25) is 0 Å². The summed E-state index contributed by atoms with van der Waals surface area (Å²) in [5.74, 6) is 0.505. The molecule has 30 heavy (non-hydrogen) atoms. The number of carbonyl (C=O) groups is 2. The topological polar surface area (TPSA) is 107 Å². The van der Waals surface area contributed by atoms with Crippen molar-refractivity contribution in [3.05, 3.63) is 23.8 Å². The molecule has 0 bridgehead atoms. The lowest BCUT2D eigenvalue weighted by atomic mass is 9.84. The predicted octanol–water partition coefficient (Wildman–Crippen LogP) is 0.515. The molecule has 3 aliphatic rings. The summed E-state index contributed by atoms with van der Waals surface area (Å²) in [6.07, 6.45) is -0.256. The first-order valence-electron chi connectivity index (χ1n) is 10.3. The fraction of sp³-hybridized carbons (Fsp3) is 0.619. The van der Waals surface area contributed by atoms with E-state index in [1.807, 2.05) is 12.1 Å². The minimum atomic E-state index is -0.509. The number of carbonyl (C=O) groups excluding carboxylic acids is 2. The first kappa shape index (κ1) is 21.0. The molecule has 4 rings (SSSR count). The fourth-order valence-electron chi connectivity index (χ4n) is 4.43. The molecule has 3 heterocycles. The van der Waals surface area contributed by atoms with Crippen molar-refractivity contribution in [2.75, 3.05) is 51.9 Å². The highest BCUT2D eigenvalue weighted by Gasteiger charge is 2.46. The van der Waals surface area contributed by atoms with Gasteiger partial charge in [0.1, 0.15) is 24.6 Å². The standard InChI is InChI=1S/C21H28N2O7/c1-27-12-19(25)22-13-2-3-17-15(8-13)16-9-14(29-18(11-24)21(16)30-17)10-20(26)23-4-6-28-7-5-23/h2-3,8,14,16,18,21,24H,4-7,9-12H2,1H3,(H,22,25)/t14-,16+,18+,21-/m0/s1. The van der Waals surface area contributed by atoms with Crippen LogP contribution in [0.3, 0.4) is 0 Å². The number of morpholine rings is 1. The first-order valence-corrected chi connectivity index (χ1v) is 10.3. The van der Waals surface area contributed by atoms with Crippen molar-refractivity contribution in [1.82, 2.24) is 4.90 Å². The number of anilines is 1. The number of ether oxygens (including phenoxy) is 4. The van der Waals surface area contributed by atoms with Crippen molar-refractivity contribution < 1.29 is 33.6 Å². The molecule has 0 aromatic heterocycles. The number of fused-ring (bicyclic) bond motifs is 3. The van der Waals surface area contributed by atoms with Crippen molar-refractivity contribution >= 4 is 17.5 Å². The molecule has 0 aliphatic carbocycles. The van der Waals surface area contributed by atoms with E-state index in [1.165, 1.54) is 7.11 Å². The number of benzene rings is 1. The van der Waals surface area contributed by atoms with Crippen LogP contribution in [-0.4, -0.2) is 86.8 Å². The van der Waals surface area contributed by atoms with Crippen LogP contribution in [0.25, 0.3) is 0 Å². The SMILES string of the molecule is COCC(=O)Nc1ccc2c(c1)[C@H]1C[C@@H](CC(=O)N3CCOCC3)O[C@H](CO)[C@H]1O2. The predicted molar refractivity (Wildman–Crippen MR) is 106 cm³/mol. The van der Waals surface area contributed by atoms with Crippen LogP contribution in [0.1, 0.15) is 24.3 Å². The third-order valence-electron chi connectivity index (χ3n) is 5.82. The quantitative estimate of drug-likeness (QED) is 0.691. The Morgan fingerprint density at radius 2 is 2.10 bits per heavy atom. The van der Waals surface area contributed by atoms with Gasteiger partial charge in [0.2, 0.25) is 11.8 Å². The maximum Gasteiger partial charge on any atom is 0.250 e. The summed E-state index contributed by atoms with van der Waals surface area (Å²) in [4.78, 5) is 26.3. The molecule has 0 unspecified atom stereocenters. The number of hydrogen-bond acceptors (Lipinski definition) is 7. The normalized spacial score (nSPS) is 27.7. The second-order valence-corrected chi connectivity index (χ2v) is 7.83. The van der Waals surface area contributed by atoms with E-state index in [2.05, 4.69) is 5.32 Å². The van der Waals surface area contributed by atoms with Gasteiger partial charge in [0.05, 0.1) is 32.3 Å². The zero-order chi connectivity index (χ0) is 21.1. The van der Waals surface area contributed by atoms with Crippen LogP contribution >= 0.6 is 0 Å². The minimum absolute atomic E-state index is 0.0207. The molecular weight excluding hydrogens is 392 g/mol. The second-order valence-electron chi connectivity index (χ2n) is 7.83. The molecule has 4 atom stereocenters. The lowest BCUT2D eigenvalue weighted by Gasteiger charge is -2.38. The number of methoxy groups -OCH3 is 1. The Balaban J connectivity index is 1.48. The van der Waals surface area contributed by atoms with Gasteiger partial charge in [-0.1, -0.05) is 0 Å². The third kappa shape index (κ3) is 4.44. The highest BCUT2D eigenvalue weighted by Crippen LogP contribution is 2.47. The molecule has 9 nitrogen and oxygen atoms in total. The lowest BCUT2D eigenvalue weighted by Crippen LogP contribution is -2.48. The number of amides is 2. The summed E-state index contributed by atoms with van der Waals surface area (Å²) < 4.78 is 22.3. The van der Waals surface area contributed by atoms with Crippen molar-refractivity contribution in [3.8, 4) is 5.75 Å². The Labute approximate surface area is 175 Å². The molecule has 2 amide bonds. The van der Waals surface area contributed by atoms with E-state index in [0.29, 0.717) is 38.4 Å². The Hall–Kier alpha value is -2.20. The van der Waals surface area contributed by atoms with E-state index in [9.17, 15) is 14.7 Å². The van der Waals surface area contributed by atoms with Crippen LogP contribution in [-0.2, 0) is 23.8 Å². The number of nitrogens with zero attached hydrogens (tertiary/aromatic N) is 1. The highest BCUT2D eigenvalue weighted by molar-refractivity contribution is 5.92. The molecule has 0 spiro atoms. The van der Waals surface area contributed by atoms with E-state index in [1.54, 1.807) is 11.0 Å². The van der Waals surface area contributed by atoms with Crippen LogP contribution in [0.4, 0.5) is 5.69 Å². The van der Waals surface area contributed by atoms with Gasteiger partial charge in [0.15, 0.2) is 0 Å². The van der Waals surface area contributed by atoms with Crippen molar-refractivity contribution in [2.45, 2.75) is 37.1 Å². The Morgan fingerprint density at radius 3 is 2.83 bits per heavy atom. The third-order valence-corrected chi connectivity index (χ3v) is 5.82. The Kier molecular flexibility index (Phi) is 6.52. The molecule has 1 aromatic rings. The van der Waals surface area contributed by atoms with Gasteiger partial charge in [0.25, 0.3) is 0 Å². The number of aliphatic hydroxyl groups is 1. The second kappa shape index (κ2) is 9.30. The molecule has 2 N–H and O–H groups in total. The van der Waals surface area contributed by atoms with Gasteiger partial charge in [-0.2, -0.15) is 0 Å². The van der Waals surface area contributed by atoms with Crippen LogP contribution in [0.15, 0.2) is 18.2 Å². The van der Waals surface area contributed by atoms with Gasteiger partial charge in [-0.05, 0) is 24.6 Å². The molecule has 1 aromatic carbocycles. The maximum absolute atomic E-state index is 12.7. The molecule has 9 heteroatoms. The van der Waals surface area contributed by atoms with Gasteiger partial charge in [-0.3, -0.25) is 9.59 Å². The van der Waals surface area contributed by atoms with Gasteiger partial charge in [-0.25, -0.2) is 0 Å². The molecule has 164 valence electrons. The number of hydrogen-bond donors (Lipinski definition) is 2. The molecule has 2 saturated heterocycles. The van der Waals surface area contributed by atoms with Crippen LogP contribution in [0, 0.1) is 0 Å². The minimum Gasteiger partial charge on any atom is -0.487 e. The average Bonchev–Trinajstić information content (AvgIpc) is 3.12. The fourth-order valence-corrected chi connectivity index (χ4v) is 4.43. The number of nitrogens with one attached hydrogen (secondary N) is 1. The van der Waals surface area contributed by atoms with E-state index < -0.39 is 6.10 Å². The zero-order valence-corrected chi connectivity index (χ0v) is 17.0. The van der Waals surface area contributed by atoms with Crippen LogP contribution in [0.5, 0.6) is 5.75 Å². The summed E-state index contributed by atoms with van der Waals surface area (Å²) >= 11 is 0. The van der Waals surface area contributed by atoms with Crippen molar-refractivity contribution in [3.63, 3.8) is 0 Å². The largest absolute Gasteiger partial charge is 0.487 e. The van der Waals surface area contributed by atoms with Crippen LogP contribution < -0.4 is 10.1 Å². The summed E-state index contributed by atoms with van der Waals surface area (Å²) in [7, 11) is 1.47. The Bertz CT molecular complexity index is 781. The number of aliphatic hydroxyl groups excluding tert-OH is 1. The molecule has 0 saturated carbocycles. The van der Waals surface area contributed by atoms with Crippen molar-refractivity contribution in [1.29, 1.82) is 0 Å². The monoisotopic (exact) mass is 420 g/mol. The zero-order valence-electron chi connectivity index (χ0n) is 17.0. The van der Waals surface area contributed by atoms with E-state index in [4.69, 9.17) is 18.9 Å². The smallest absolute Gasteiger partial charge is 0.250 e. The average molecular weight is 420 g/mol. The maximum atomic E-state index is 12.7. The van der Waals surface area contributed by atoms with Crippen molar-refractivity contribution in [2.24, 2.45) is 0 Å². The molecule has 0 radical (unpaired) electrons. The molecule has 2 fully saturated rings. The summed E-state index contributed by atoms with van der Waals surface area (Å²) in [5, 5.41) is 12.7. The first-order chi connectivity index (χ1) is 14.6. The molecule has 3 aliphatic heterocycles. The summed E-state index contributed by atoms with van der Waals surface area (Å²) in [6.45, 7) is 2.09. The van der Waals surface area contributed by atoms with Gasteiger partial charge in [-0.15, -0.1) is 0 Å². The number of rotatable bonds is 6.